The predicted molar refractivity (Wildman–Crippen MR) is 83.4 cm³/mol. The van der Waals surface area contributed by atoms with Crippen LogP contribution in [0.3, 0.4) is 0 Å². The molecule has 1 unspecified atom stereocenters. The van der Waals surface area contributed by atoms with Gasteiger partial charge in [-0.1, -0.05) is 13.8 Å². The Labute approximate surface area is 125 Å². The summed E-state index contributed by atoms with van der Waals surface area (Å²) in [5.41, 5.74) is 1.01. The molecule has 0 aliphatic carbocycles. The minimum absolute atomic E-state index is 0.0222. The maximum atomic E-state index is 12.0. The minimum atomic E-state index is -0.0222. The molecule has 1 aliphatic heterocycles. The fourth-order valence-corrected chi connectivity index (χ4v) is 3.52. The Kier molecular flexibility index (Phi) is 5.54. The zero-order valence-electron chi connectivity index (χ0n) is 12.7. The molecule has 20 heavy (non-hydrogen) atoms. The number of rotatable bonds is 5. The summed E-state index contributed by atoms with van der Waals surface area (Å²) in [6.07, 6.45) is 3.63. The molecule has 4 nitrogen and oxygen atoms in total. The molecule has 1 N–H and O–H groups in total. The number of hydrogen-bond donors (Lipinski definition) is 1. The van der Waals surface area contributed by atoms with Crippen LogP contribution < -0.4 is 5.32 Å². The summed E-state index contributed by atoms with van der Waals surface area (Å²) in [7, 11) is 2.17. The third-order valence-electron chi connectivity index (χ3n) is 3.87. The van der Waals surface area contributed by atoms with Gasteiger partial charge in [-0.3, -0.25) is 4.79 Å². The standard InChI is InChI=1S/C15H25N3OS/c1-11(2)13-10-20-15(17-13)14(19)16-7-6-12-5-4-8-18(3)9-12/h10-12H,4-9H2,1-3H3,(H,16,19). The van der Waals surface area contributed by atoms with Crippen LogP contribution in [0.1, 0.15) is 54.5 Å². The highest BCUT2D eigenvalue weighted by Gasteiger charge is 2.18. The molecule has 1 aromatic rings. The van der Waals surface area contributed by atoms with Crippen molar-refractivity contribution < 1.29 is 4.79 Å². The van der Waals surface area contributed by atoms with Crippen molar-refractivity contribution >= 4 is 17.2 Å². The topological polar surface area (TPSA) is 45.2 Å². The molecule has 1 fully saturated rings. The molecule has 112 valence electrons. The van der Waals surface area contributed by atoms with Crippen LogP contribution in [0, 0.1) is 5.92 Å². The normalized spacial score (nSPS) is 20.3. The third kappa shape index (κ3) is 4.28. The van der Waals surface area contributed by atoms with Gasteiger partial charge in [-0.05, 0) is 44.7 Å². The molecule has 2 rings (SSSR count). The number of carbonyl (C=O) groups excluding carboxylic acids is 1. The lowest BCUT2D eigenvalue weighted by Gasteiger charge is -2.29. The zero-order chi connectivity index (χ0) is 14.5. The third-order valence-corrected chi connectivity index (χ3v) is 4.73. The molecular weight excluding hydrogens is 270 g/mol. The van der Waals surface area contributed by atoms with Crippen LogP contribution in [-0.2, 0) is 0 Å². The lowest BCUT2D eigenvalue weighted by Crippen LogP contribution is -2.34. The number of amides is 1. The van der Waals surface area contributed by atoms with Crippen molar-refractivity contribution in [1.82, 2.24) is 15.2 Å². The minimum Gasteiger partial charge on any atom is -0.350 e. The van der Waals surface area contributed by atoms with E-state index in [9.17, 15) is 4.79 Å². The average Bonchev–Trinajstić information content (AvgIpc) is 2.88. The molecule has 0 radical (unpaired) electrons. The first-order valence-corrected chi connectivity index (χ1v) is 8.36. The number of likely N-dealkylation sites (tertiary alicyclic amines) is 1. The maximum absolute atomic E-state index is 12.0. The molecular formula is C15H25N3OS. The molecule has 1 saturated heterocycles. The Morgan fingerprint density at radius 1 is 1.60 bits per heavy atom. The van der Waals surface area contributed by atoms with Crippen molar-refractivity contribution in [2.24, 2.45) is 5.92 Å². The van der Waals surface area contributed by atoms with Gasteiger partial charge in [0.2, 0.25) is 0 Å². The Morgan fingerprint density at radius 2 is 2.40 bits per heavy atom. The lowest BCUT2D eigenvalue weighted by atomic mass is 9.95. The highest BCUT2D eigenvalue weighted by Crippen LogP contribution is 2.19. The van der Waals surface area contributed by atoms with Crippen LogP contribution in [0.4, 0.5) is 0 Å². The number of aromatic nitrogens is 1. The van der Waals surface area contributed by atoms with Crippen LogP contribution in [0.15, 0.2) is 5.38 Å². The van der Waals surface area contributed by atoms with E-state index in [1.807, 2.05) is 5.38 Å². The maximum Gasteiger partial charge on any atom is 0.280 e. The van der Waals surface area contributed by atoms with Gasteiger partial charge in [-0.2, -0.15) is 0 Å². The molecule has 0 bridgehead atoms. The van der Waals surface area contributed by atoms with Gasteiger partial charge in [0.25, 0.3) is 5.91 Å². The summed E-state index contributed by atoms with van der Waals surface area (Å²) in [5, 5.41) is 5.58. The molecule has 1 amide bonds. The molecule has 0 saturated carbocycles. The Hall–Kier alpha value is -0.940. The molecule has 1 aliphatic rings. The zero-order valence-corrected chi connectivity index (χ0v) is 13.5. The molecule has 0 aromatic carbocycles. The van der Waals surface area contributed by atoms with E-state index in [0.717, 1.165) is 31.1 Å². The van der Waals surface area contributed by atoms with Crippen molar-refractivity contribution in [3.63, 3.8) is 0 Å². The molecule has 1 atom stereocenters. The number of nitrogens with one attached hydrogen (secondary N) is 1. The number of piperidine rings is 1. The smallest absolute Gasteiger partial charge is 0.280 e. The van der Waals surface area contributed by atoms with Gasteiger partial charge >= 0.3 is 0 Å². The Bertz CT molecular complexity index is 444. The van der Waals surface area contributed by atoms with Crippen molar-refractivity contribution in [3.05, 3.63) is 16.1 Å². The van der Waals surface area contributed by atoms with Gasteiger partial charge in [-0.15, -0.1) is 11.3 Å². The van der Waals surface area contributed by atoms with Gasteiger partial charge in [0, 0.05) is 18.5 Å². The lowest BCUT2D eigenvalue weighted by molar-refractivity contribution is 0.0947. The van der Waals surface area contributed by atoms with Gasteiger partial charge in [0.05, 0.1) is 5.69 Å². The summed E-state index contributed by atoms with van der Waals surface area (Å²) in [6, 6.07) is 0. The predicted octanol–water partition coefficient (Wildman–Crippen LogP) is 2.73. The van der Waals surface area contributed by atoms with Gasteiger partial charge in [0.15, 0.2) is 5.01 Å². The first-order valence-electron chi connectivity index (χ1n) is 7.48. The molecule has 0 spiro atoms. The summed E-state index contributed by atoms with van der Waals surface area (Å²) >= 11 is 1.44. The molecule has 5 heteroatoms. The second kappa shape index (κ2) is 7.18. The van der Waals surface area contributed by atoms with E-state index in [-0.39, 0.29) is 5.91 Å². The monoisotopic (exact) mass is 295 g/mol. The summed E-state index contributed by atoms with van der Waals surface area (Å²) in [6.45, 7) is 7.31. The van der Waals surface area contributed by atoms with E-state index in [4.69, 9.17) is 0 Å². The number of hydrogen-bond acceptors (Lipinski definition) is 4. The van der Waals surface area contributed by atoms with E-state index in [0.29, 0.717) is 10.9 Å². The first-order chi connectivity index (χ1) is 9.56. The average molecular weight is 295 g/mol. The number of thiazole rings is 1. The van der Waals surface area contributed by atoms with Gasteiger partial charge in [0.1, 0.15) is 0 Å². The van der Waals surface area contributed by atoms with Crippen LogP contribution in [-0.4, -0.2) is 42.5 Å². The highest BCUT2D eigenvalue weighted by molar-refractivity contribution is 7.11. The van der Waals surface area contributed by atoms with Gasteiger partial charge in [-0.25, -0.2) is 4.98 Å². The second-order valence-electron chi connectivity index (χ2n) is 6.05. The van der Waals surface area contributed by atoms with Gasteiger partial charge < -0.3 is 10.2 Å². The fourth-order valence-electron chi connectivity index (χ4n) is 2.63. The van der Waals surface area contributed by atoms with Crippen molar-refractivity contribution in [1.29, 1.82) is 0 Å². The van der Waals surface area contributed by atoms with Crippen molar-refractivity contribution in [2.75, 3.05) is 26.7 Å². The largest absolute Gasteiger partial charge is 0.350 e. The van der Waals surface area contributed by atoms with E-state index < -0.39 is 0 Å². The van der Waals surface area contributed by atoms with E-state index in [1.165, 1.54) is 30.7 Å². The molecule has 1 aromatic heterocycles. The fraction of sp³-hybridized carbons (Fsp3) is 0.733. The number of carbonyl (C=O) groups is 1. The van der Waals surface area contributed by atoms with E-state index in [2.05, 4.69) is 36.1 Å². The Morgan fingerprint density at radius 3 is 3.05 bits per heavy atom. The van der Waals surface area contributed by atoms with Crippen LogP contribution in [0.5, 0.6) is 0 Å². The van der Waals surface area contributed by atoms with Crippen LogP contribution >= 0.6 is 11.3 Å². The summed E-state index contributed by atoms with van der Waals surface area (Å²) in [5.74, 6) is 1.08. The Balaban J connectivity index is 1.74. The van der Waals surface area contributed by atoms with Crippen LogP contribution in [0.25, 0.3) is 0 Å². The summed E-state index contributed by atoms with van der Waals surface area (Å²) < 4.78 is 0. The van der Waals surface area contributed by atoms with E-state index >= 15 is 0 Å². The first kappa shape index (κ1) is 15.4. The van der Waals surface area contributed by atoms with Crippen LogP contribution in [0.2, 0.25) is 0 Å². The SMILES string of the molecule is CC(C)c1csc(C(=O)NCCC2CCCN(C)C2)n1. The highest BCUT2D eigenvalue weighted by atomic mass is 32.1. The second-order valence-corrected chi connectivity index (χ2v) is 6.91. The molecule has 2 heterocycles. The number of nitrogens with zero attached hydrogens (tertiary/aromatic N) is 2. The quantitative estimate of drug-likeness (QED) is 0.908. The van der Waals surface area contributed by atoms with Crippen molar-refractivity contribution in [3.8, 4) is 0 Å². The van der Waals surface area contributed by atoms with Crippen molar-refractivity contribution in [2.45, 2.75) is 39.0 Å². The van der Waals surface area contributed by atoms with E-state index in [1.54, 1.807) is 0 Å². The summed E-state index contributed by atoms with van der Waals surface area (Å²) in [4.78, 5) is 18.8.